The molecule has 18 heteroatoms. The molecule has 12 N–H and O–H groups in total. The molecule has 4 amide bonds. The van der Waals surface area contributed by atoms with E-state index >= 15 is 0 Å². The molecule has 300 valence electrons. The number of carboxylic acid groups (broad SMARTS) is 1. The van der Waals surface area contributed by atoms with E-state index in [4.69, 9.17) is 16.6 Å². The first kappa shape index (κ1) is 43.8. The number of aliphatic hydroxyl groups excluding tert-OH is 1. The minimum Gasteiger partial charge on any atom is -0.481 e. The third kappa shape index (κ3) is 13.9. The number of carbonyl (C=O) groups excluding carboxylic acids is 5. The van der Waals surface area contributed by atoms with E-state index in [9.17, 15) is 38.7 Å². The van der Waals surface area contributed by atoms with Crippen molar-refractivity contribution < 1.29 is 39.0 Å². The van der Waals surface area contributed by atoms with Gasteiger partial charge in [0.15, 0.2) is 5.78 Å². The van der Waals surface area contributed by atoms with Crippen LogP contribution in [0.5, 0.6) is 0 Å². The Kier molecular flexibility index (Phi) is 17.5. The van der Waals surface area contributed by atoms with E-state index in [1.807, 2.05) is 0 Å². The molecule has 0 spiro atoms. The van der Waals surface area contributed by atoms with Gasteiger partial charge in [0.1, 0.15) is 24.3 Å². The molecule has 0 bridgehead atoms. The highest BCUT2D eigenvalue weighted by Gasteiger charge is 2.30. The van der Waals surface area contributed by atoms with Gasteiger partial charge in [0, 0.05) is 30.6 Å². The SMILES string of the molecule is CC(C)C(=O)[C@H](CCCCN)NC(=O)[C@H](CCCCNC(=O)CO)NC(=O)[C@H](CCC(=O)O)NC(=O)c1ccc(CCc2c[nH]c3nc(N)[nH]c(=O)c23)cc1. The number of H-pyrrole nitrogens is 2. The van der Waals surface area contributed by atoms with Gasteiger partial charge in [-0.1, -0.05) is 26.0 Å². The number of nitrogen functional groups attached to an aromatic ring is 1. The summed E-state index contributed by atoms with van der Waals surface area (Å²) in [7, 11) is 0. The fraction of sp³-hybridized carbons (Fsp3) is 0.514. The van der Waals surface area contributed by atoms with Crippen molar-refractivity contribution in [2.24, 2.45) is 11.7 Å². The fourth-order valence-electron chi connectivity index (χ4n) is 5.95. The van der Waals surface area contributed by atoms with Crippen LogP contribution in [0.4, 0.5) is 5.95 Å². The Bertz CT molecular complexity index is 1840. The lowest BCUT2D eigenvalue weighted by molar-refractivity contribution is -0.137. The number of unbranched alkanes of at least 4 members (excludes halogenated alkanes) is 2. The number of hydrogen-bond donors (Lipinski definition) is 10. The largest absolute Gasteiger partial charge is 0.481 e. The summed E-state index contributed by atoms with van der Waals surface area (Å²) in [4.78, 5) is 98.5. The van der Waals surface area contributed by atoms with Crippen molar-refractivity contribution in [3.63, 3.8) is 0 Å². The second-order valence-electron chi connectivity index (χ2n) is 13.6. The number of nitrogens with one attached hydrogen (secondary N) is 6. The Balaban J connectivity index is 1.73. The molecule has 2 heterocycles. The lowest BCUT2D eigenvalue weighted by Crippen LogP contribution is -2.56. The molecule has 2 aromatic heterocycles. The first-order chi connectivity index (χ1) is 26.2. The highest BCUT2D eigenvalue weighted by atomic mass is 16.4. The van der Waals surface area contributed by atoms with Gasteiger partial charge >= 0.3 is 5.97 Å². The number of anilines is 1. The average Bonchev–Trinajstić information content (AvgIpc) is 3.56. The van der Waals surface area contributed by atoms with Crippen LogP contribution in [0, 0.1) is 5.92 Å². The monoisotopic (exact) mass is 767 g/mol. The minimum absolute atomic E-state index is 0.00378. The van der Waals surface area contributed by atoms with Gasteiger partial charge in [-0.2, -0.15) is 4.98 Å². The average molecular weight is 768 g/mol. The lowest BCUT2D eigenvalue weighted by atomic mass is 9.96. The number of aliphatic carboxylic acids is 1. The molecule has 3 atom stereocenters. The quantitative estimate of drug-likeness (QED) is 0.0547. The van der Waals surface area contributed by atoms with Gasteiger partial charge < -0.3 is 47.9 Å². The van der Waals surface area contributed by atoms with E-state index in [1.165, 1.54) is 0 Å². The lowest BCUT2D eigenvalue weighted by Gasteiger charge is -2.26. The molecule has 3 rings (SSSR count). The van der Waals surface area contributed by atoms with Crippen molar-refractivity contribution in [2.75, 3.05) is 25.4 Å². The molecule has 3 aromatic rings. The number of amides is 4. The van der Waals surface area contributed by atoms with E-state index in [0.717, 1.165) is 11.1 Å². The second kappa shape index (κ2) is 21.9. The maximum absolute atomic E-state index is 13.7. The number of aliphatic hydroxyl groups is 1. The van der Waals surface area contributed by atoms with Crippen LogP contribution in [0.25, 0.3) is 11.0 Å². The molecular formula is C37H53N9O9. The zero-order valence-electron chi connectivity index (χ0n) is 31.2. The molecule has 0 saturated heterocycles. The number of nitrogens with two attached hydrogens (primary N) is 2. The molecule has 0 fully saturated rings. The number of hydrogen-bond acceptors (Lipinski definition) is 11. The van der Waals surface area contributed by atoms with Crippen LogP contribution in [0.2, 0.25) is 0 Å². The molecule has 0 saturated carbocycles. The molecule has 0 radical (unpaired) electrons. The van der Waals surface area contributed by atoms with E-state index in [2.05, 4.69) is 36.2 Å². The Hall–Kier alpha value is -5.62. The van der Waals surface area contributed by atoms with Gasteiger partial charge in [-0.15, -0.1) is 0 Å². The summed E-state index contributed by atoms with van der Waals surface area (Å²) in [6, 6.07) is 3.25. The van der Waals surface area contributed by atoms with E-state index in [-0.39, 0.29) is 48.2 Å². The van der Waals surface area contributed by atoms with Gasteiger partial charge in [0.25, 0.3) is 11.5 Å². The van der Waals surface area contributed by atoms with Crippen LogP contribution in [0.1, 0.15) is 86.7 Å². The standard InChI is InChI=1S/C37H53N9O9/c1-21(2)31(51)25(7-3-5-17-38)42-34(53)26(8-4-6-18-40-28(48)20-47)44-35(54)27(15-16-29(49)50)43-33(52)23-12-9-22(10-13-23)11-14-24-19-41-32-30(24)36(55)46-37(39)45-32/h9-10,12-13,19,21,25-27,47H,3-8,11,14-18,20,38H2,1-2H3,(H,40,48)(H,42,53)(H,43,52)(H,44,54)(H,49,50)(H4,39,41,45,46,55)/t25-,26-,27-/m0/s1. The molecule has 0 aliphatic rings. The summed E-state index contributed by atoms with van der Waals surface area (Å²) in [6.07, 6.45) is 4.40. The van der Waals surface area contributed by atoms with Crippen LogP contribution < -0.4 is 38.3 Å². The van der Waals surface area contributed by atoms with Crippen molar-refractivity contribution in [1.82, 2.24) is 36.2 Å². The highest BCUT2D eigenvalue weighted by Crippen LogP contribution is 2.17. The number of ketones is 1. The number of rotatable bonds is 24. The van der Waals surface area contributed by atoms with E-state index < -0.39 is 60.8 Å². The Morgan fingerprint density at radius 1 is 0.855 bits per heavy atom. The summed E-state index contributed by atoms with van der Waals surface area (Å²) in [6.45, 7) is 3.39. The van der Waals surface area contributed by atoms with Gasteiger partial charge in [-0.3, -0.25) is 38.5 Å². The van der Waals surface area contributed by atoms with E-state index in [0.29, 0.717) is 62.5 Å². The molecule has 0 unspecified atom stereocenters. The highest BCUT2D eigenvalue weighted by molar-refractivity contribution is 5.99. The number of fused-ring (bicyclic) bond motifs is 1. The number of carboxylic acids is 1. The number of carbonyl (C=O) groups is 6. The molecule has 1 aromatic carbocycles. The number of aryl methyl sites for hydroxylation is 2. The molecule has 18 nitrogen and oxygen atoms in total. The normalized spacial score (nSPS) is 12.8. The van der Waals surface area contributed by atoms with Crippen molar-refractivity contribution in [3.8, 4) is 0 Å². The number of benzene rings is 1. The van der Waals surface area contributed by atoms with Crippen molar-refractivity contribution >= 4 is 52.4 Å². The van der Waals surface area contributed by atoms with Gasteiger partial charge in [0.05, 0.1) is 11.4 Å². The Morgan fingerprint density at radius 2 is 1.49 bits per heavy atom. The van der Waals surface area contributed by atoms with Crippen LogP contribution in [0.15, 0.2) is 35.3 Å². The first-order valence-corrected chi connectivity index (χ1v) is 18.4. The Morgan fingerprint density at radius 3 is 2.13 bits per heavy atom. The van der Waals surface area contributed by atoms with Gasteiger partial charge in [0.2, 0.25) is 23.7 Å². The number of aromatic nitrogens is 3. The predicted octanol–water partition coefficient (Wildman–Crippen LogP) is 0.184. The topological polar surface area (TPSA) is 305 Å². The second-order valence-corrected chi connectivity index (χ2v) is 13.6. The molecule has 0 aliphatic heterocycles. The van der Waals surface area contributed by atoms with Gasteiger partial charge in [-0.05, 0) is 87.6 Å². The van der Waals surface area contributed by atoms with Crippen LogP contribution >= 0.6 is 0 Å². The minimum atomic E-state index is -1.33. The summed E-state index contributed by atoms with van der Waals surface area (Å²) in [5.41, 5.74) is 13.1. The number of Topliss-reactive ketones (excluding diaryl/α,β-unsaturated/α-hetero) is 1. The first-order valence-electron chi connectivity index (χ1n) is 18.4. The van der Waals surface area contributed by atoms with Crippen molar-refractivity contribution in [3.05, 3.63) is 57.5 Å². The summed E-state index contributed by atoms with van der Waals surface area (Å²) >= 11 is 0. The third-order valence-corrected chi connectivity index (χ3v) is 9.00. The summed E-state index contributed by atoms with van der Waals surface area (Å²) < 4.78 is 0. The van der Waals surface area contributed by atoms with E-state index in [1.54, 1.807) is 44.3 Å². The summed E-state index contributed by atoms with van der Waals surface area (Å²) in [5.74, 6) is -4.38. The Labute approximate surface area is 318 Å². The van der Waals surface area contributed by atoms with Gasteiger partial charge in [-0.25, -0.2) is 0 Å². The maximum Gasteiger partial charge on any atom is 0.303 e. The molecule has 55 heavy (non-hydrogen) atoms. The number of aromatic amines is 2. The fourth-order valence-corrected chi connectivity index (χ4v) is 5.95. The maximum atomic E-state index is 13.7. The summed E-state index contributed by atoms with van der Waals surface area (Å²) in [5, 5.41) is 29.3. The zero-order valence-corrected chi connectivity index (χ0v) is 31.2. The smallest absolute Gasteiger partial charge is 0.303 e. The van der Waals surface area contributed by atoms with Crippen LogP contribution in [-0.2, 0) is 36.8 Å². The zero-order chi connectivity index (χ0) is 40.5. The van der Waals surface area contributed by atoms with Crippen LogP contribution in [0.3, 0.4) is 0 Å². The molecular weight excluding hydrogens is 714 g/mol. The number of nitrogens with zero attached hydrogens (tertiary/aromatic N) is 1. The predicted molar refractivity (Wildman–Crippen MR) is 204 cm³/mol. The van der Waals surface area contributed by atoms with Crippen LogP contribution in [-0.4, -0.2) is 98.4 Å². The molecule has 0 aliphatic carbocycles. The van der Waals surface area contributed by atoms with Crippen molar-refractivity contribution in [1.29, 1.82) is 0 Å². The third-order valence-electron chi connectivity index (χ3n) is 9.00. The van der Waals surface area contributed by atoms with Crippen molar-refractivity contribution in [2.45, 2.75) is 96.2 Å².